The van der Waals surface area contributed by atoms with Crippen molar-refractivity contribution in [3.63, 3.8) is 0 Å². The molecule has 154 valence electrons. The number of nitrogens with one attached hydrogen (secondary N) is 3. The molecule has 0 aliphatic carbocycles. The highest BCUT2D eigenvalue weighted by molar-refractivity contribution is 14.0. The fraction of sp³-hybridized carbons (Fsp3) is 0.444. The standard InChI is InChI=1S/C18H26N6O3.HI/c1-18(2,3)15-11-22-16(27-15)12-23-17(19-4)21-10-9-20-13-7-5-6-8-14(13)24(25)26;/h5-8,11,20H,9-10,12H2,1-4H3,(H2,19,21,23);1H. The molecule has 9 nitrogen and oxygen atoms in total. The second-order valence-corrected chi connectivity index (χ2v) is 6.92. The maximum atomic E-state index is 11.0. The molecule has 0 saturated carbocycles. The fourth-order valence-corrected chi connectivity index (χ4v) is 2.28. The first-order valence-electron chi connectivity index (χ1n) is 8.68. The minimum atomic E-state index is -0.404. The summed E-state index contributed by atoms with van der Waals surface area (Å²) in [7, 11) is 1.67. The van der Waals surface area contributed by atoms with Crippen molar-refractivity contribution in [3.8, 4) is 0 Å². The summed E-state index contributed by atoms with van der Waals surface area (Å²) < 4.78 is 5.73. The van der Waals surface area contributed by atoms with E-state index in [9.17, 15) is 10.1 Å². The summed E-state index contributed by atoms with van der Waals surface area (Å²) in [6.07, 6.45) is 1.74. The molecule has 28 heavy (non-hydrogen) atoms. The summed E-state index contributed by atoms with van der Waals surface area (Å²) in [6, 6.07) is 6.55. The van der Waals surface area contributed by atoms with Crippen molar-refractivity contribution >= 4 is 41.3 Å². The van der Waals surface area contributed by atoms with E-state index < -0.39 is 4.92 Å². The first-order valence-corrected chi connectivity index (χ1v) is 8.68. The number of nitro groups is 1. The quantitative estimate of drug-likeness (QED) is 0.133. The van der Waals surface area contributed by atoms with Crippen LogP contribution in [-0.2, 0) is 12.0 Å². The number of anilines is 1. The van der Waals surface area contributed by atoms with Crippen LogP contribution in [0.3, 0.4) is 0 Å². The predicted octanol–water partition coefficient (Wildman–Crippen LogP) is 3.28. The lowest BCUT2D eigenvalue weighted by Gasteiger charge is -2.13. The lowest BCUT2D eigenvalue weighted by atomic mass is 9.94. The zero-order valence-corrected chi connectivity index (χ0v) is 18.8. The lowest BCUT2D eigenvalue weighted by Crippen LogP contribution is -2.39. The molecule has 0 fully saturated rings. The molecule has 10 heteroatoms. The van der Waals surface area contributed by atoms with Gasteiger partial charge in [0.25, 0.3) is 5.69 Å². The molecule has 1 aromatic heterocycles. The monoisotopic (exact) mass is 502 g/mol. The smallest absolute Gasteiger partial charge is 0.292 e. The van der Waals surface area contributed by atoms with E-state index in [4.69, 9.17) is 4.42 Å². The van der Waals surface area contributed by atoms with Gasteiger partial charge in [-0.1, -0.05) is 32.9 Å². The maximum absolute atomic E-state index is 11.0. The van der Waals surface area contributed by atoms with Gasteiger partial charge in [0.05, 0.1) is 17.7 Å². The van der Waals surface area contributed by atoms with E-state index >= 15 is 0 Å². The molecular weight excluding hydrogens is 475 g/mol. The van der Waals surface area contributed by atoms with E-state index in [0.717, 1.165) is 5.76 Å². The Balaban J connectivity index is 0.00000392. The Morgan fingerprint density at radius 3 is 2.57 bits per heavy atom. The molecule has 3 N–H and O–H groups in total. The van der Waals surface area contributed by atoms with Crippen molar-refractivity contribution in [3.05, 3.63) is 52.2 Å². The topological polar surface area (TPSA) is 118 Å². The van der Waals surface area contributed by atoms with Crippen LogP contribution in [0.2, 0.25) is 0 Å². The van der Waals surface area contributed by atoms with Crippen molar-refractivity contribution in [2.45, 2.75) is 32.7 Å². The van der Waals surface area contributed by atoms with Gasteiger partial charge in [-0.3, -0.25) is 15.1 Å². The molecule has 2 rings (SSSR count). The van der Waals surface area contributed by atoms with E-state index in [1.807, 2.05) is 0 Å². The van der Waals surface area contributed by atoms with Gasteiger partial charge in [0.15, 0.2) is 5.96 Å². The van der Waals surface area contributed by atoms with Gasteiger partial charge in [0.2, 0.25) is 5.89 Å². The number of hydrogen-bond acceptors (Lipinski definition) is 6. The van der Waals surface area contributed by atoms with Gasteiger partial charge >= 0.3 is 0 Å². The lowest BCUT2D eigenvalue weighted by molar-refractivity contribution is -0.384. The van der Waals surface area contributed by atoms with Crippen LogP contribution in [-0.4, -0.2) is 36.0 Å². The van der Waals surface area contributed by atoms with Crippen molar-refractivity contribution in [2.75, 3.05) is 25.5 Å². The van der Waals surface area contributed by atoms with Gasteiger partial charge in [-0.2, -0.15) is 0 Å². The number of benzene rings is 1. The number of hydrogen-bond donors (Lipinski definition) is 3. The van der Waals surface area contributed by atoms with Gasteiger partial charge in [0.1, 0.15) is 11.4 Å². The molecule has 0 bridgehead atoms. The maximum Gasteiger partial charge on any atom is 0.292 e. The van der Waals surface area contributed by atoms with Crippen LogP contribution >= 0.6 is 24.0 Å². The summed E-state index contributed by atoms with van der Waals surface area (Å²) in [5, 5.41) is 20.3. The molecule has 0 atom stereocenters. The molecule has 0 unspecified atom stereocenters. The molecule has 0 aliphatic heterocycles. The molecule has 0 saturated heterocycles. The van der Waals surface area contributed by atoms with E-state index in [-0.39, 0.29) is 35.1 Å². The number of rotatable bonds is 7. The summed E-state index contributed by atoms with van der Waals surface area (Å²) in [5.41, 5.74) is 0.456. The van der Waals surface area contributed by atoms with Crippen LogP contribution in [0.5, 0.6) is 0 Å². The van der Waals surface area contributed by atoms with E-state index in [0.29, 0.717) is 37.2 Å². The zero-order chi connectivity index (χ0) is 19.9. The van der Waals surface area contributed by atoms with Crippen LogP contribution < -0.4 is 16.0 Å². The van der Waals surface area contributed by atoms with Crippen molar-refractivity contribution in [2.24, 2.45) is 4.99 Å². The molecule has 0 radical (unpaired) electrons. The minimum absolute atomic E-state index is 0. The third kappa shape index (κ3) is 6.98. The highest BCUT2D eigenvalue weighted by Crippen LogP contribution is 2.23. The number of oxazole rings is 1. The average molecular weight is 502 g/mol. The minimum Gasteiger partial charge on any atom is -0.443 e. The first-order chi connectivity index (χ1) is 12.8. The van der Waals surface area contributed by atoms with Crippen LogP contribution in [0.25, 0.3) is 0 Å². The summed E-state index contributed by atoms with van der Waals surface area (Å²) >= 11 is 0. The van der Waals surface area contributed by atoms with Crippen LogP contribution in [0.15, 0.2) is 39.9 Å². The number of nitrogens with zero attached hydrogens (tertiary/aromatic N) is 3. The van der Waals surface area contributed by atoms with Crippen molar-refractivity contribution in [1.29, 1.82) is 0 Å². The Morgan fingerprint density at radius 2 is 1.96 bits per heavy atom. The molecule has 1 heterocycles. The van der Waals surface area contributed by atoms with E-state index in [2.05, 4.69) is 46.7 Å². The molecule has 0 amide bonds. The molecule has 1 aromatic carbocycles. The number of aliphatic imine (C=N–C) groups is 1. The third-order valence-corrected chi connectivity index (χ3v) is 3.76. The number of halogens is 1. The highest BCUT2D eigenvalue weighted by atomic mass is 127. The second-order valence-electron chi connectivity index (χ2n) is 6.92. The number of aromatic nitrogens is 1. The number of guanidine groups is 1. The Bertz CT molecular complexity index is 801. The molecular formula is C18H27IN6O3. The summed E-state index contributed by atoms with van der Waals surface area (Å²) in [6.45, 7) is 7.64. The van der Waals surface area contributed by atoms with Gasteiger partial charge in [0, 0.05) is 31.6 Å². The predicted molar refractivity (Wildman–Crippen MR) is 120 cm³/mol. The Morgan fingerprint density at radius 1 is 1.25 bits per heavy atom. The van der Waals surface area contributed by atoms with Crippen molar-refractivity contribution in [1.82, 2.24) is 15.6 Å². The first kappa shape index (κ1) is 23.7. The Hall–Kier alpha value is -2.37. The Labute approximate surface area is 181 Å². The highest BCUT2D eigenvalue weighted by Gasteiger charge is 2.19. The van der Waals surface area contributed by atoms with Crippen LogP contribution in [0, 0.1) is 10.1 Å². The van der Waals surface area contributed by atoms with Gasteiger partial charge < -0.3 is 20.4 Å². The molecule has 0 spiro atoms. The normalized spacial score (nSPS) is 11.5. The van der Waals surface area contributed by atoms with Gasteiger partial charge in [-0.25, -0.2) is 4.98 Å². The fourth-order valence-electron chi connectivity index (χ4n) is 2.28. The number of nitro benzene ring substituents is 1. The van der Waals surface area contributed by atoms with Crippen LogP contribution in [0.1, 0.15) is 32.4 Å². The van der Waals surface area contributed by atoms with Crippen LogP contribution in [0.4, 0.5) is 11.4 Å². The largest absolute Gasteiger partial charge is 0.443 e. The van der Waals surface area contributed by atoms with Gasteiger partial charge in [-0.05, 0) is 6.07 Å². The zero-order valence-electron chi connectivity index (χ0n) is 16.5. The summed E-state index contributed by atoms with van der Waals surface area (Å²) in [4.78, 5) is 19.0. The Kier molecular flexibility index (Phi) is 9.16. The molecule has 0 aliphatic rings. The van der Waals surface area contributed by atoms with E-state index in [1.54, 1.807) is 31.4 Å². The third-order valence-electron chi connectivity index (χ3n) is 3.76. The number of para-hydroxylation sites is 2. The SMILES string of the molecule is CN=C(NCCNc1ccccc1[N+](=O)[O-])NCc1ncc(C(C)(C)C)o1.I. The van der Waals surface area contributed by atoms with E-state index in [1.165, 1.54) is 6.07 Å². The molecule has 2 aromatic rings. The average Bonchev–Trinajstić information content (AvgIpc) is 3.11. The van der Waals surface area contributed by atoms with Gasteiger partial charge in [-0.15, -0.1) is 24.0 Å². The second kappa shape index (κ2) is 10.8. The summed E-state index contributed by atoms with van der Waals surface area (Å²) in [5.74, 6) is 2.01. The van der Waals surface area contributed by atoms with Crippen molar-refractivity contribution < 1.29 is 9.34 Å².